The fourth-order valence-electron chi connectivity index (χ4n) is 1.18. The maximum Gasteiger partial charge on any atom is 0.290 e. The molecule has 0 aliphatic heterocycles. The largest absolute Gasteiger partial charge is 0.503 e. The molecule has 0 unspecified atom stereocenters. The normalized spacial score (nSPS) is 10.5. The van der Waals surface area contributed by atoms with Crippen LogP contribution in [0.4, 0.5) is 0 Å². The van der Waals surface area contributed by atoms with Crippen molar-refractivity contribution < 1.29 is 5.11 Å². The number of halogens is 1. The first kappa shape index (κ1) is 8.55. The third-order valence-corrected chi connectivity index (χ3v) is 2.71. The van der Waals surface area contributed by atoms with Gasteiger partial charge in [0.25, 0.3) is 5.56 Å². The average Bonchev–Trinajstić information content (AvgIpc) is 2.09. The first-order valence-corrected chi connectivity index (χ1v) is 4.77. The fourth-order valence-corrected chi connectivity index (χ4v) is 1.84. The summed E-state index contributed by atoms with van der Waals surface area (Å²) in [5.41, 5.74) is 0.322. The van der Waals surface area contributed by atoms with Gasteiger partial charge in [-0.25, -0.2) is 0 Å². The van der Waals surface area contributed by atoms with Crippen molar-refractivity contribution in [3.8, 4) is 5.75 Å². The molecule has 0 amide bonds. The van der Waals surface area contributed by atoms with Gasteiger partial charge in [-0.05, 0) is 34.7 Å². The van der Waals surface area contributed by atoms with E-state index in [9.17, 15) is 4.79 Å². The number of hydrogen-bond acceptors (Lipinski definition) is 2. The molecule has 1 heterocycles. The Labute approximate surface area is 87.6 Å². The number of rotatable bonds is 0. The quantitative estimate of drug-likeness (QED) is 0.726. The van der Waals surface area contributed by atoms with Crippen LogP contribution in [0.2, 0.25) is 0 Å². The van der Waals surface area contributed by atoms with Crippen LogP contribution < -0.4 is 5.56 Å². The summed E-state index contributed by atoms with van der Waals surface area (Å²) in [6, 6.07) is 7.08. The van der Waals surface area contributed by atoms with Gasteiger partial charge in [0.15, 0.2) is 5.75 Å². The Morgan fingerprint density at radius 2 is 2.15 bits per heavy atom. The minimum atomic E-state index is -0.448. The molecule has 2 N–H and O–H groups in total. The van der Waals surface area contributed by atoms with Crippen molar-refractivity contribution in [2.24, 2.45) is 0 Å². The molecule has 0 atom stereocenters. The van der Waals surface area contributed by atoms with E-state index < -0.39 is 5.56 Å². The van der Waals surface area contributed by atoms with Gasteiger partial charge in [-0.15, -0.1) is 0 Å². The number of aromatic nitrogens is 1. The lowest BCUT2D eigenvalue weighted by molar-refractivity contribution is 0.468. The van der Waals surface area contributed by atoms with E-state index in [1.54, 1.807) is 0 Å². The van der Waals surface area contributed by atoms with Gasteiger partial charge in [0, 0.05) is 8.96 Å². The van der Waals surface area contributed by atoms with Crippen LogP contribution in [0.1, 0.15) is 0 Å². The highest BCUT2D eigenvalue weighted by Gasteiger charge is 2.02. The van der Waals surface area contributed by atoms with E-state index in [4.69, 9.17) is 5.11 Å². The van der Waals surface area contributed by atoms with Gasteiger partial charge < -0.3 is 10.1 Å². The van der Waals surface area contributed by atoms with Crippen molar-refractivity contribution in [2.45, 2.75) is 0 Å². The molecule has 0 aliphatic carbocycles. The van der Waals surface area contributed by atoms with Crippen LogP contribution in [-0.2, 0) is 0 Å². The number of aromatic hydroxyl groups is 1. The summed E-state index contributed by atoms with van der Waals surface area (Å²) >= 11 is 2.13. The number of H-pyrrole nitrogens is 1. The molecule has 1 aromatic carbocycles. The maximum absolute atomic E-state index is 11.1. The number of para-hydroxylation sites is 1. The highest BCUT2D eigenvalue weighted by molar-refractivity contribution is 14.1. The second-order valence-corrected chi connectivity index (χ2v) is 3.85. The van der Waals surface area contributed by atoms with Crippen molar-refractivity contribution in [1.82, 2.24) is 4.98 Å². The number of fused-ring (bicyclic) bond motifs is 1. The fraction of sp³-hybridized carbons (Fsp3) is 0. The number of aromatic amines is 1. The summed E-state index contributed by atoms with van der Waals surface area (Å²) in [5.74, 6) is -0.241. The molecule has 0 spiro atoms. The molecule has 0 saturated carbocycles. The Bertz CT molecular complexity index is 518. The zero-order valence-electron chi connectivity index (χ0n) is 6.54. The standard InChI is InChI=1S/C9H6INO2/c10-6-3-1-2-5-4-7(12)9(13)11-8(5)6/h1-4,12H,(H,11,13). The average molecular weight is 287 g/mol. The van der Waals surface area contributed by atoms with Crippen molar-refractivity contribution in [3.63, 3.8) is 0 Å². The summed E-state index contributed by atoms with van der Waals surface area (Å²) in [6.45, 7) is 0. The van der Waals surface area contributed by atoms with Gasteiger partial charge in [-0.1, -0.05) is 12.1 Å². The van der Waals surface area contributed by atoms with Crippen LogP contribution in [0, 0.1) is 3.57 Å². The minimum absolute atomic E-state index is 0.241. The third kappa shape index (κ3) is 1.41. The topological polar surface area (TPSA) is 53.1 Å². The van der Waals surface area contributed by atoms with E-state index >= 15 is 0 Å². The highest BCUT2D eigenvalue weighted by atomic mass is 127. The van der Waals surface area contributed by atoms with E-state index in [0.29, 0.717) is 0 Å². The molecule has 66 valence electrons. The number of nitrogens with one attached hydrogen (secondary N) is 1. The molecule has 2 rings (SSSR count). The van der Waals surface area contributed by atoms with Crippen molar-refractivity contribution >= 4 is 33.5 Å². The molecule has 13 heavy (non-hydrogen) atoms. The Hall–Kier alpha value is -1.04. The van der Waals surface area contributed by atoms with E-state index in [2.05, 4.69) is 27.6 Å². The predicted molar refractivity (Wildman–Crippen MR) is 59.0 cm³/mol. The van der Waals surface area contributed by atoms with Gasteiger partial charge in [0.2, 0.25) is 0 Å². The smallest absolute Gasteiger partial charge is 0.290 e. The van der Waals surface area contributed by atoms with Gasteiger partial charge in [-0.3, -0.25) is 4.79 Å². The van der Waals surface area contributed by atoms with E-state index in [-0.39, 0.29) is 5.75 Å². The second-order valence-electron chi connectivity index (χ2n) is 2.69. The van der Waals surface area contributed by atoms with Crippen LogP contribution >= 0.6 is 22.6 Å². The molecule has 0 bridgehead atoms. The van der Waals surface area contributed by atoms with Crippen molar-refractivity contribution in [3.05, 3.63) is 38.2 Å². The lowest BCUT2D eigenvalue weighted by Gasteiger charge is -1.99. The Morgan fingerprint density at radius 3 is 2.92 bits per heavy atom. The Balaban J connectivity index is 2.97. The zero-order chi connectivity index (χ0) is 9.42. The minimum Gasteiger partial charge on any atom is -0.503 e. The monoisotopic (exact) mass is 287 g/mol. The van der Waals surface area contributed by atoms with Gasteiger partial charge >= 0.3 is 0 Å². The summed E-state index contributed by atoms with van der Waals surface area (Å²) < 4.78 is 0.965. The van der Waals surface area contributed by atoms with E-state index in [1.807, 2.05) is 18.2 Å². The van der Waals surface area contributed by atoms with Crippen molar-refractivity contribution in [1.29, 1.82) is 0 Å². The predicted octanol–water partition coefficient (Wildman–Crippen LogP) is 1.84. The lowest BCUT2D eigenvalue weighted by atomic mass is 10.2. The number of hydrogen-bond donors (Lipinski definition) is 2. The number of benzene rings is 1. The highest BCUT2D eigenvalue weighted by Crippen LogP contribution is 2.18. The maximum atomic E-state index is 11.1. The summed E-state index contributed by atoms with van der Waals surface area (Å²) in [6.07, 6.45) is 0. The van der Waals surface area contributed by atoms with Crippen molar-refractivity contribution in [2.75, 3.05) is 0 Å². The van der Waals surface area contributed by atoms with E-state index in [0.717, 1.165) is 14.5 Å². The summed E-state index contributed by atoms with van der Waals surface area (Å²) in [7, 11) is 0. The first-order chi connectivity index (χ1) is 6.18. The lowest BCUT2D eigenvalue weighted by Crippen LogP contribution is -2.04. The SMILES string of the molecule is O=c1[nH]c2c(I)cccc2cc1O. The summed E-state index contributed by atoms with van der Waals surface area (Å²) in [4.78, 5) is 13.7. The van der Waals surface area contributed by atoms with Crippen LogP contribution in [0.3, 0.4) is 0 Å². The third-order valence-electron chi connectivity index (χ3n) is 1.81. The molecule has 4 heteroatoms. The molecule has 3 nitrogen and oxygen atoms in total. The first-order valence-electron chi connectivity index (χ1n) is 3.69. The van der Waals surface area contributed by atoms with Crippen LogP contribution in [0.5, 0.6) is 5.75 Å². The molecule has 0 fully saturated rings. The summed E-state index contributed by atoms with van der Waals surface area (Å²) in [5, 5.41) is 10.00. The van der Waals surface area contributed by atoms with Gasteiger partial charge in [0.1, 0.15) is 0 Å². The van der Waals surface area contributed by atoms with Crippen LogP contribution in [0.25, 0.3) is 10.9 Å². The molecule has 0 saturated heterocycles. The number of pyridine rings is 1. The molecular weight excluding hydrogens is 281 g/mol. The van der Waals surface area contributed by atoms with Crippen LogP contribution in [-0.4, -0.2) is 10.1 Å². The van der Waals surface area contributed by atoms with Gasteiger partial charge in [0.05, 0.1) is 5.52 Å². The Kier molecular flexibility index (Phi) is 1.99. The molecule has 2 aromatic rings. The Morgan fingerprint density at radius 1 is 1.38 bits per heavy atom. The molecule has 0 aliphatic rings. The molecule has 1 aromatic heterocycles. The molecular formula is C9H6INO2. The second kappa shape index (κ2) is 3.02. The van der Waals surface area contributed by atoms with Crippen LogP contribution in [0.15, 0.2) is 29.1 Å². The van der Waals surface area contributed by atoms with Gasteiger partial charge in [-0.2, -0.15) is 0 Å². The van der Waals surface area contributed by atoms with E-state index in [1.165, 1.54) is 6.07 Å². The zero-order valence-corrected chi connectivity index (χ0v) is 8.70. The molecule has 0 radical (unpaired) electrons.